The summed E-state index contributed by atoms with van der Waals surface area (Å²) in [6.07, 6.45) is -0.415. The van der Waals surface area contributed by atoms with E-state index in [-0.39, 0.29) is 30.2 Å². The second-order valence-corrected chi connectivity index (χ2v) is 14.4. The quantitative estimate of drug-likeness (QED) is 0.130. The number of aliphatic imine (C=N–C) groups is 1. The molecule has 1 amide bonds. The Bertz CT molecular complexity index is 1950. The maximum Gasteiger partial charge on any atom is 0.395 e. The predicted octanol–water partition coefficient (Wildman–Crippen LogP) is 6.98. The van der Waals surface area contributed by atoms with E-state index < -0.39 is 60.0 Å². The Morgan fingerprint density at radius 2 is 1.76 bits per heavy atom. The highest BCUT2D eigenvalue weighted by Crippen LogP contribution is 2.60. The van der Waals surface area contributed by atoms with E-state index in [0.717, 1.165) is 0 Å². The summed E-state index contributed by atoms with van der Waals surface area (Å²) >= 11 is 6.48. The maximum absolute atomic E-state index is 14.9. The monoisotopic (exact) mass is 732 g/mol. The molecule has 0 saturated heterocycles. The molecule has 1 saturated carbocycles. The Hall–Kier alpha value is -4.86. The molecule has 51 heavy (non-hydrogen) atoms. The average molecular weight is 733 g/mol. The lowest BCUT2D eigenvalue weighted by Gasteiger charge is -2.35. The van der Waals surface area contributed by atoms with Crippen molar-refractivity contribution in [3.8, 4) is 16.8 Å². The van der Waals surface area contributed by atoms with Crippen molar-refractivity contribution in [3.05, 3.63) is 83.7 Å². The topological polar surface area (TPSA) is 134 Å². The van der Waals surface area contributed by atoms with Crippen LogP contribution in [-0.4, -0.2) is 60.1 Å². The number of hydrogen-bond donors (Lipinski definition) is 1. The summed E-state index contributed by atoms with van der Waals surface area (Å²) in [6, 6.07) is 10.2. The van der Waals surface area contributed by atoms with Gasteiger partial charge in [0, 0.05) is 11.8 Å². The maximum atomic E-state index is 14.9. The molecule has 17 heteroatoms. The highest BCUT2D eigenvalue weighted by Gasteiger charge is 2.64. The molecule has 3 heterocycles. The number of rotatable bonds is 11. The van der Waals surface area contributed by atoms with Crippen molar-refractivity contribution in [2.75, 3.05) is 6.61 Å². The third-order valence-electron chi connectivity index (χ3n) is 9.08. The first-order valence-corrected chi connectivity index (χ1v) is 16.3. The lowest BCUT2D eigenvalue weighted by Crippen LogP contribution is -2.47. The molecule has 2 N–H and O–H groups in total. The number of carbonyl (C=O) groups excluding carboxylic acids is 2. The molecule has 6 rings (SSSR count). The van der Waals surface area contributed by atoms with Gasteiger partial charge in [-0.2, -0.15) is 32.1 Å². The van der Waals surface area contributed by atoms with Crippen LogP contribution < -0.4 is 5.73 Å². The van der Waals surface area contributed by atoms with E-state index in [1.807, 2.05) is 20.8 Å². The van der Waals surface area contributed by atoms with Crippen molar-refractivity contribution in [1.29, 1.82) is 0 Å². The predicted molar refractivity (Wildman–Crippen MR) is 176 cm³/mol. The second kappa shape index (κ2) is 13.0. The summed E-state index contributed by atoms with van der Waals surface area (Å²) in [5.74, 6) is -1.85. The van der Waals surface area contributed by atoms with Crippen LogP contribution in [0.2, 0.25) is 5.02 Å². The van der Waals surface area contributed by atoms with Gasteiger partial charge in [-0.1, -0.05) is 62.7 Å². The number of benzene rings is 2. The van der Waals surface area contributed by atoms with Crippen LogP contribution in [0, 0.1) is 10.8 Å². The number of esters is 1. The number of nitrogens with two attached hydrogens (primary N) is 1. The smallest absolute Gasteiger partial charge is 0.395 e. The first-order valence-electron chi connectivity index (χ1n) is 15.9. The van der Waals surface area contributed by atoms with Crippen LogP contribution in [0.5, 0.6) is 0 Å². The van der Waals surface area contributed by atoms with Crippen molar-refractivity contribution in [2.45, 2.75) is 70.8 Å². The van der Waals surface area contributed by atoms with Crippen molar-refractivity contribution >= 4 is 29.4 Å². The van der Waals surface area contributed by atoms with Gasteiger partial charge < -0.3 is 10.5 Å². The number of nitrogens with zero attached hydrogens (tertiary/aromatic N) is 7. The number of ether oxygens (including phenoxy) is 1. The largest absolute Gasteiger partial charge is 0.463 e. The fourth-order valence-corrected chi connectivity index (χ4v) is 6.59. The van der Waals surface area contributed by atoms with Crippen molar-refractivity contribution in [3.63, 3.8) is 0 Å². The molecular formula is C34H34ClF5N8O3. The number of guanidine groups is 1. The molecule has 1 fully saturated rings. The molecular weight excluding hydrogens is 699 g/mol. The zero-order chi connectivity index (χ0) is 36.9. The van der Waals surface area contributed by atoms with E-state index in [2.05, 4.69) is 15.2 Å². The minimum absolute atomic E-state index is 0.171. The third-order valence-corrected chi connectivity index (χ3v) is 9.40. The van der Waals surface area contributed by atoms with Gasteiger partial charge in [-0.15, -0.1) is 0 Å². The summed E-state index contributed by atoms with van der Waals surface area (Å²) in [7, 11) is 0. The SMILES string of the molecule is CC(C)(C)C[C@]1(c2ccc(-c3cnn(C(F)F)c3)cc2)N=C(N)N([C@H](COC(=O)CC2(C(F)(F)F)CC2)c2ccc(Cl)c(-n3cncn3)c2)C1=O. The molecule has 0 bridgehead atoms. The normalized spacial score (nSPS) is 19.4. The van der Waals surface area contributed by atoms with Gasteiger partial charge in [-0.3, -0.25) is 14.5 Å². The van der Waals surface area contributed by atoms with Gasteiger partial charge in [-0.05, 0) is 53.5 Å². The van der Waals surface area contributed by atoms with Crippen molar-refractivity contribution < 1.29 is 36.3 Å². The fourth-order valence-electron chi connectivity index (χ4n) is 6.38. The second-order valence-electron chi connectivity index (χ2n) is 14.0. The molecule has 11 nitrogen and oxygen atoms in total. The van der Waals surface area contributed by atoms with E-state index in [1.165, 1.54) is 40.7 Å². The molecule has 2 aromatic carbocycles. The molecule has 2 atom stereocenters. The summed E-state index contributed by atoms with van der Waals surface area (Å²) in [5.41, 5.74) is 4.55. The Morgan fingerprint density at radius 3 is 2.33 bits per heavy atom. The lowest BCUT2D eigenvalue weighted by molar-refractivity contribution is -0.195. The number of alkyl halides is 5. The van der Waals surface area contributed by atoms with E-state index >= 15 is 0 Å². The Balaban J connectivity index is 1.38. The molecule has 0 radical (unpaired) electrons. The highest BCUT2D eigenvalue weighted by atomic mass is 35.5. The van der Waals surface area contributed by atoms with E-state index in [1.54, 1.807) is 36.4 Å². The molecule has 1 aliphatic carbocycles. The first kappa shape index (κ1) is 35.9. The van der Waals surface area contributed by atoms with Gasteiger partial charge in [0.2, 0.25) is 0 Å². The van der Waals surface area contributed by atoms with Crippen molar-refractivity contribution in [1.82, 2.24) is 29.4 Å². The molecule has 1 aliphatic heterocycles. The van der Waals surface area contributed by atoms with Gasteiger partial charge in [0.1, 0.15) is 19.3 Å². The van der Waals surface area contributed by atoms with Gasteiger partial charge in [0.25, 0.3) is 5.91 Å². The van der Waals surface area contributed by atoms with Crippen molar-refractivity contribution in [2.24, 2.45) is 21.6 Å². The standard InChI is InChI=1S/C34H34ClF5N8O3/c1-31(2,3)17-33(23-7-4-20(5-8-23)22-14-43-46(15-22)29(36)37)28(50)48(30(41)45-33)26(16-51-27(49)13-32(10-11-32)34(38,39)40)21-6-9-24(35)25(12-21)47-19-42-18-44-47/h4-9,12,14-15,18-19,26,29H,10-11,13,16-17H2,1-3H3,(H2,41,45)/t26-,33-/m1/s1. The van der Waals surface area contributed by atoms with E-state index in [9.17, 15) is 31.5 Å². The van der Waals surface area contributed by atoms with Gasteiger partial charge in [-0.25, -0.2) is 19.3 Å². The van der Waals surface area contributed by atoms with Crippen LogP contribution in [0.1, 0.15) is 70.2 Å². The highest BCUT2D eigenvalue weighted by molar-refractivity contribution is 6.32. The number of carbonyl (C=O) groups is 2. The number of aromatic nitrogens is 5. The molecule has 4 aromatic rings. The fraction of sp³-hybridized carbons (Fsp3) is 0.412. The summed E-state index contributed by atoms with van der Waals surface area (Å²) in [5, 5.41) is 8.08. The summed E-state index contributed by atoms with van der Waals surface area (Å²) in [6.45, 7) is 2.39. The molecule has 270 valence electrons. The minimum Gasteiger partial charge on any atom is -0.463 e. The number of amides is 1. The van der Waals surface area contributed by atoms with Crippen LogP contribution in [0.15, 0.2) is 72.5 Å². The van der Waals surface area contributed by atoms with Gasteiger partial charge in [0.15, 0.2) is 11.5 Å². The molecule has 0 spiro atoms. The van der Waals surface area contributed by atoms with Crippen LogP contribution in [0.25, 0.3) is 16.8 Å². The summed E-state index contributed by atoms with van der Waals surface area (Å²) in [4.78, 5) is 37.6. The van der Waals surface area contributed by atoms with Gasteiger partial charge in [0.05, 0.1) is 34.8 Å². The average Bonchev–Trinajstić information content (AvgIpc) is 3.38. The Labute approximate surface area is 294 Å². The molecule has 0 unspecified atom stereocenters. The van der Waals surface area contributed by atoms with Crippen LogP contribution in [0.3, 0.4) is 0 Å². The number of hydrogen-bond acceptors (Lipinski definition) is 8. The summed E-state index contributed by atoms with van der Waals surface area (Å²) < 4.78 is 74.7. The van der Waals surface area contributed by atoms with Crippen LogP contribution in [-0.2, 0) is 19.9 Å². The van der Waals surface area contributed by atoms with E-state index in [0.29, 0.717) is 32.6 Å². The zero-order valence-electron chi connectivity index (χ0n) is 27.7. The third kappa shape index (κ3) is 7.05. The number of halogens is 6. The lowest BCUT2D eigenvalue weighted by atomic mass is 9.75. The van der Waals surface area contributed by atoms with E-state index in [4.69, 9.17) is 27.1 Å². The van der Waals surface area contributed by atoms with Crippen LogP contribution >= 0.6 is 11.6 Å². The molecule has 2 aromatic heterocycles. The minimum atomic E-state index is -4.57. The Kier molecular flexibility index (Phi) is 9.19. The first-order chi connectivity index (χ1) is 23.9. The zero-order valence-corrected chi connectivity index (χ0v) is 28.5. The molecule has 2 aliphatic rings. The van der Waals surface area contributed by atoms with Gasteiger partial charge >= 0.3 is 18.7 Å². The van der Waals surface area contributed by atoms with Crippen LogP contribution in [0.4, 0.5) is 22.0 Å². The Morgan fingerprint density at radius 1 is 1.06 bits per heavy atom.